The van der Waals surface area contributed by atoms with Crippen molar-refractivity contribution in [1.82, 2.24) is 9.55 Å². The van der Waals surface area contributed by atoms with E-state index in [0.717, 1.165) is 3.83 Å². The van der Waals surface area contributed by atoms with Gasteiger partial charge in [-0.3, -0.25) is 0 Å². The smallest absolute Gasteiger partial charge is 0.171 e. The van der Waals surface area contributed by atoms with Crippen LogP contribution in [0, 0.1) is 3.83 Å². The molecule has 1 atom stereocenters. The van der Waals surface area contributed by atoms with Crippen LogP contribution in [0.1, 0.15) is 78.6 Å². The van der Waals surface area contributed by atoms with Gasteiger partial charge in [0.15, 0.2) is 3.83 Å². The first-order valence-corrected chi connectivity index (χ1v) is 8.91. The highest BCUT2D eigenvalue weighted by Gasteiger charge is 2.26. The van der Waals surface area contributed by atoms with Gasteiger partial charge in [0, 0.05) is 17.9 Å². The van der Waals surface area contributed by atoms with E-state index in [0.29, 0.717) is 0 Å². The first-order chi connectivity index (χ1) is 9.14. The molecule has 3 heteroatoms. The molecule has 0 amide bonds. The molecule has 0 aliphatic carbocycles. The van der Waals surface area contributed by atoms with Crippen molar-refractivity contribution in [2.75, 3.05) is 0 Å². The zero-order valence-corrected chi connectivity index (χ0v) is 14.9. The number of halogens is 1. The maximum absolute atomic E-state index is 4.40. The number of aromatic nitrogens is 2. The van der Waals surface area contributed by atoms with Crippen molar-refractivity contribution in [1.29, 1.82) is 0 Å². The molecular weight excluding hydrogens is 347 g/mol. The third kappa shape index (κ3) is 5.44. The van der Waals surface area contributed by atoms with Crippen molar-refractivity contribution in [3.63, 3.8) is 0 Å². The van der Waals surface area contributed by atoms with Gasteiger partial charge in [-0.15, -0.1) is 0 Å². The molecule has 0 saturated heterocycles. The molecule has 1 heterocycles. The van der Waals surface area contributed by atoms with Crippen molar-refractivity contribution < 1.29 is 0 Å². The van der Waals surface area contributed by atoms with E-state index < -0.39 is 0 Å². The highest BCUT2D eigenvalue weighted by molar-refractivity contribution is 14.1. The van der Waals surface area contributed by atoms with Gasteiger partial charge in [-0.1, -0.05) is 58.8 Å². The van der Waals surface area contributed by atoms with Gasteiger partial charge in [0.1, 0.15) is 0 Å². The number of imidazole rings is 1. The summed E-state index contributed by atoms with van der Waals surface area (Å²) in [5.74, 6) is 0. The Hall–Kier alpha value is -0.0600. The predicted octanol–water partition coefficient (Wildman–Crippen LogP) is 5.75. The summed E-state index contributed by atoms with van der Waals surface area (Å²) in [6, 6.07) is 0. The topological polar surface area (TPSA) is 17.8 Å². The van der Waals surface area contributed by atoms with Crippen LogP contribution in [-0.2, 0) is 5.54 Å². The Bertz CT molecular complexity index is 348. The van der Waals surface area contributed by atoms with Gasteiger partial charge in [0.2, 0.25) is 0 Å². The minimum Gasteiger partial charge on any atom is -0.321 e. The van der Waals surface area contributed by atoms with Gasteiger partial charge >= 0.3 is 0 Å². The molecule has 0 aliphatic heterocycles. The first-order valence-electron chi connectivity index (χ1n) is 7.83. The molecule has 19 heavy (non-hydrogen) atoms. The lowest BCUT2D eigenvalue weighted by Crippen LogP contribution is -2.30. The summed E-state index contributed by atoms with van der Waals surface area (Å²) in [5, 5.41) is 0. The molecule has 0 radical (unpaired) electrons. The highest BCUT2D eigenvalue weighted by Crippen LogP contribution is 2.31. The standard InChI is InChI=1S/C16H29IN2/c1-4-6-8-9-10-12-16(3,11-7-5-2)19-14-13-18-15(19)17/h13-14H,4-12H2,1-3H3. The Morgan fingerprint density at radius 2 is 1.68 bits per heavy atom. The van der Waals surface area contributed by atoms with E-state index in [4.69, 9.17) is 0 Å². The molecule has 0 aromatic carbocycles. The molecule has 110 valence electrons. The maximum atomic E-state index is 4.40. The Morgan fingerprint density at radius 1 is 1.05 bits per heavy atom. The van der Waals surface area contributed by atoms with Crippen LogP contribution in [0.3, 0.4) is 0 Å². The SMILES string of the molecule is CCCCCCCC(C)(CCCC)n1ccnc1I. The third-order valence-electron chi connectivity index (χ3n) is 4.07. The quantitative estimate of drug-likeness (QED) is 0.375. The van der Waals surface area contributed by atoms with E-state index in [1.54, 1.807) is 0 Å². The minimum atomic E-state index is 0.259. The third-order valence-corrected chi connectivity index (χ3v) is 4.86. The normalized spacial score (nSPS) is 14.5. The number of hydrogen-bond acceptors (Lipinski definition) is 1. The zero-order valence-electron chi connectivity index (χ0n) is 12.8. The number of nitrogens with zero attached hydrogens (tertiary/aromatic N) is 2. The van der Waals surface area contributed by atoms with E-state index in [1.807, 2.05) is 6.20 Å². The van der Waals surface area contributed by atoms with Crippen LogP contribution in [-0.4, -0.2) is 9.55 Å². The molecule has 1 aromatic rings. The van der Waals surface area contributed by atoms with E-state index in [2.05, 4.69) is 59.1 Å². The Morgan fingerprint density at radius 3 is 2.26 bits per heavy atom. The molecule has 1 rings (SSSR count). The van der Waals surface area contributed by atoms with Gasteiger partial charge in [0.25, 0.3) is 0 Å². The van der Waals surface area contributed by atoms with Crippen LogP contribution in [0.4, 0.5) is 0 Å². The molecule has 0 saturated carbocycles. The fraction of sp³-hybridized carbons (Fsp3) is 0.812. The summed E-state index contributed by atoms with van der Waals surface area (Å²) >= 11 is 2.36. The molecule has 0 bridgehead atoms. The fourth-order valence-corrected chi connectivity index (χ4v) is 3.62. The monoisotopic (exact) mass is 376 g/mol. The molecule has 1 aromatic heterocycles. The molecule has 1 unspecified atom stereocenters. The summed E-state index contributed by atoms with van der Waals surface area (Å²) < 4.78 is 3.52. The van der Waals surface area contributed by atoms with E-state index in [9.17, 15) is 0 Å². The van der Waals surface area contributed by atoms with Crippen molar-refractivity contribution >= 4 is 22.6 Å². The lowest BCUT2D eigenvalue weighted by Gasteiger charge is -2.32. The average molecular weight is 376 g/mol. The number of rotatable bonds is 10. The lowest BCUT2D eigenvalue weighted by molar-refractivity contribution is 0.248. The number of unbranched alkanes of at least 4 members (excludes halogenated alkanes) is 5. The summed E-state index contributed by atoms with van der Waals surface area (Å²) in [4.78, 5) is 4.40. The first kappa shape index (κ1) is 17.0. The van der Waals surface area contributed by atoms with E-state index >= 15 is 0 Å². The van der Waals surface area contributed by atoms with Crippen LogP contribution in [0.15, 0.2) is 12.4 Å². The van der Waals surface area contributed by atoms with Gasteiger partial charge in [-0.05, 0) is 42.4 Å². The van der Waals surface area contributed by atoms with Gasteiger partial charge < -0.3 is 4.57 Å². The Kier molecular flexibility index (Phi) is 8.03. The number of hydrogen-bond donors (Lipinski definition) is 0. The van der Waals surface area contributed by atoms with E-state index in [1.165, 1.54) is 57.8 Å². The van der Waals surface area contributed by atoms with Crippen LogP contribution in [0.5, 0.6) is 0 Å². The second kappa shape index (κ2) is 8.98. The van der Waals surface area contributed by atoms with E-state index in [-0.39, 0.29) is 5.54 Å². The van der Waals surface area contributed by atoms with Crippen molar-refractivity contribution in [3.8, 4) is 0 Å². The average Bonchev–Trinajstić information content (AvgIpc) is 2.83. The minimum absolute atomic E-state index is 0.259. The molecular formula is C16H29IN2. The molecule has 0 fully saturated rings. The van der Waals surface area contributed by atoms with Gasteiger partial charge in [0.05, 0.1) is 0 Å². The van der Waals surface area contributed by atoms with Crippen LogP contribution in [0.2, 0.25) is 0 Å². The van der Waals surface area contributed by atoms with Gasteiger partial charge in [-0.25, -0.2) is 4.98 Å². The predicted molar refractivity (Wildman–Crippen MR) is 91.5 cm³/mol. The molecule has 0 aliphatic rings. The Balaban J connectivity index is 2.58. The second-order valence-corrected chi connectivity index (χ2v) is 6.80. The van der Waals surface area contributed by atoms with Crippen molar-refractivity contribution in [2.45, 2.75) is 84.1 Å². The van der Waals surface area contributed by atoms with Crippen molar-refractivity contribution in [3.05, 3.63) is 16.2 Å². The fourth-order valence-electron chi connectivity index (χ4n) is 2.72. The van der Waals surface area contributed by atoms with Crippen LogP contribution in [0.25, 0.3) is 0 Å². The summed E-state index contributed by atoms with van der Waals surface area (Å²) in [5.41, 5.74) is 0.259. The summed E-state index contributed by atoms with van der Waals surface area (Å²) in [6.07, 6.45) is 16.0. The second-order valence-electron chi connectivity index (χ2n) is 5.83. The lowest BCUT2D eigenvalue weighted by atomic mass is 9.88. The molecule has 2 nitrogen and oxygen atoms in total. The maximum Gasteiger partial charge on any atom is 0.171 e. The van der Waals surface area contributed by atoms with Gasteiger partial charge in [-0.2, -0.15) is 0 Å². The highest BCUT2D eigenvalue weighted by atomic mass is 127. The summed E-state index contributed by atoms with van der Waals surface area (Å²) in [7, 11) is 0. The zero-order chi connectivity index (χ0) is 14.1. The summed E-state index contributed by atoms with van der Waals surface area (Å²) in [6.45, 7) is 6.96. The van der Waals surface area contributed by atoms with Crippen molar-refractivity contribution in [2.24, 2.45) is 0 Å². The molecule has 0 N–H and O–H groups in total. The van der Waals surface area contributed by atoms with Crippen LogP contribution >= 0.6 is 22.6 Å². The Labute approximate surface area is 132 Å². The molecule has 0 spiro atoms. The largest absolute Gasteiger partial charge is 0.321 e. The van der Waals surface area contributed by atoms with Crippen LogP contribution < -0.4 is 0 Å².